The Kier molecular flexibility index (Phi) is 4.78. The van der Waals surface area contributed by atoms with Gasteiger partial charge in [-0.1, -0.05) is 0 Å². The molecule has 0 saturated heterocycles. The normalized spacial score (nSPS) is 13.4. The number of fused-ring (bicyclic) bond motifs is 1. The van der Waals surface area contributed by atoms with E-state index < -0.39 is 11.2 Å². The summed E-state index contributed by atoms with van der Waals surface area (Å²) < 4.78 is 1.17. The van der Waals surface area contributed by atoms with E-state index in [-0.39, 0.29) is 19.0 Å². The zero-order chi connectivity index (χ0) is 18.0. The van der Waals surface area contributed by atoms with Crippen molar-refractivity contribution in [2.24, 2.45) is 0 Å². The van der Waals surface area contributed by atoms with Crippen LogP contribution in [0.15, 0.2) is 15.8 Å². The van der Waals surface area contributed by atoms with Crippen LogP contribution >= 0.6 is 0 Å². The number of nitrogens with zero attached hydrogens (tertiary/aromatic N) is 3. The van der Waals surface area contributed by atoms with Gasteiger partial charge in [-0.2, -0.15) is 0 Å². The first kappa shape index (κ1) is 17.1. The highest BCUT2D eigenvalue weighted by atomic mass is 16.2. The average molecular weight is 343 g/mol. The summed E-state index contributed by atoms with van der Waals surface area (Å²) in [6, 6.07) is 0. The zero-order valence-corrected chi connectivity index (χ0v) is 14.4. The van der Waals surface area contributed by atoms with E-state index in [2.05, 4.69) is 20.3 Å². The van der Waals surface area contributed by atoms with Crippen molar-refractivity contribution in [3.63, 3.8) is 0 Å². The minimum absolute atomic E-state index is 0.166. The van der Waals surface area contributed by atoms with Gasteiger partial charge in [-0.05, 0) is 45.1 Å². The second-order valence-electron chi connectivity index (χ2n) is 6.33. The molecule has 1 amide bonds. The molecule has 0 aromatic carbocycles. The van der Waals surface area contributed by atoms with E-state index in [1.807, 2.05) is 6.92 Å². The Morgan fingerprint density at radius 2 is 2.00 bits per heavy atom. The van der Waals surface area contributed by atoms with Crippen LogP contribution in [0.1, 0.15) is 41.2 Å². The maximum absolute atomic E-state index is 12.1. The predicted octanol–water partition coefficient (Wildman–Crippen LogP) is 0.139. The Hall–Kier alpha value is -2.77. The van der Waals surface area contributed by atoms with Gasteiger partial charge in [0.2, 0.25) is 5.91 Å². The van der Waals surface area contributed by atoms with Crippen molar-refractivity contribution < 1.29 is 4.79 Å². The van der Waals surface area contributed by atoms with Crippen LogP contribution in [-0.2, 0) is 30.7 Å². The molecule has 2 N–H and O–H groups in total. The van der Waals surface area contributed by atoms with E-state index in [9.17, 15) is 14.4 Å². The van der Waals surface area contributed by atoms with Gasteiger partial charge in [0.25, 0.3) is 5.56 Å². The number of aromatic amines is 1. The standard InChI is InChI=1S/C17H21N5O3/c1-10-8-22(17(25)21-16(10)24)9-15(23)18-7-14-19-11(2)12-5-3-4-6-13(12)20-14/h8H,3-7,9H2,1-2H3,(H,18,23)(H,21,24,25). The highest BCUT2D eigenvalue weighted by Crippen LogP contribution is 2.21. The lowest BCUT2D eigenvalue weighted by Crippen LogP contribution is -2.36. The van der Waals surface area contributed by atoms with Crippen molar-refractivity contribution in [1.29, 1.82) is 0 Å². The Morgan fingerprint density at radius 1 is 1.24 bits per heavy atom. The quantitative estimate of drug-likeness (QED) is 0.820. The fourth-order valence-electron chi connectivity index (χ4n) is 3.05. The molecule has 0 bridgehead atoms. The number of nitrogens with one attached hydrogen (secondary N) is 2. The number of H-pyrrole nitrogens is 1. The van der Waals surface area contributed by atoms with E-state index in [4.69, 9.17) is 0 Å². The van der Waals surface area contributed by atoms with Crippen LogP contribution in [0.4, 0.5) is 0 Å². The Morgan fingerprint density at radius 3 is 2.80 bits per heavy atom. The van der Waals surface area contributed by atoms with Gasteiger partial charge < -0.3 is 5.32 Å². The molecule has 1 aliphatic rings. The number of rotatable bonds is 4. The number of hydrogen-bond donors (Lipinski definition) is 2. The molecule has 8 heteroatoms. The van der Waals surface area contributed by atoms with Gasteiger partial charge in [-0.25, -0.2) is 14.8 Å². The lowest BCUT2D eigenvalue weighted by atomic mass is 9.95. The number of carbonyl (C=O) groups excluding carboxylic acids is 1. The Labute approximate surface area is 144 Å². The fraction of sp³-hybridized carbons (Fsp3) is 0.471. The van der Waals surface area contributed by atoms with E-state index in [1.165, 1.54) is 22.7 Å². The van der Waals surface area contributed by atoms with Gasteiger partial charge in [0, 0.05) is 23.1 Å². The van der Waals surface area contributed by atoms with Crippen LogP contribution in [0, 0.1) is 13.8 Å². The molecule has 0 radical (unpaired) electrons. The van der Waals surface area contributed by atoms with Crippen molar-refractivity contribution in [2.75, 3.05) is 0 Å². The van der Waals surface area contributed by atoms with Gasteiger partial charge in [0.1, 0.15) is 12.4 Å². The number of carbonyl (C=O) groups is 1. The van der Waals surface area contributed by atoms with Crippen molar-refractivity contribution in [1.82, 2.24) is 24.8 Å². The second-order valence-corrected chi connectivity index (χ2v) is 6.33. The third kappa shape index (κ3) is 3.84. The Bertz CT molecular complexity index is 929. The SMILES string of the molecule is Cc1nc(CNC(=O)Cn2cc(C)c(=O)[nH]c2=O)nc2c1CCCC2. The smallest absolute Gasteiger partial charge is 0.328 e. The summed E-state index contributed by atoms with van der Waals surface area (Å²) in [5.74, 6) is 0.240. The molecule has 1 aliphatic carbocycles. The summed E-state index contributed by atoms with van der Waals surface area (Å²) in [5, 5.41) is 2.73. The zero-order valence-electron chi connectivity index (χ0n) is 14.4. The first-order chi connectivity index (χ1) is 11.9. The van der Waals surface area contributed by atoms with Crippen LogP contribution in [0.3, 0.4) is 0 Å². The highest BCUT2D eigenvalue weighted by molar-refractivity contribution is 5.75. The maximum Gasteiger partial charge on any atom is 0.328 e. The van der Waals surface area contributed by atoms with Crippen molar-refractivity contribution in [3.8, 4) is 0 Å². The number of aromatic nitrogens is 4. The largest absolute Gasteiger partial charge is 0.347 e. The molecule has 2 aromatic rings. The maximum atomic E-state index is 12.1. The molecule has 0 saturated carbocycles. The number of aryl methyl sites for hydroxylation is 3. The van der Waals surface area contributed by atoms with E-state index in [0.29, 0.717) is 11.4 Å². The van der Waals surface area contributed by atoms with Gasteiger partial charge >= 0.3 is 5.69 Å². The third-order valence-electron chi connectivity index (χ3n) is 4.38. The average Bonchev–Trinajstić information content (AvgIpc) is 2.58. The van der Waals surface area contributed by atoms with E-state index in [1.54, 1.807) is 6.92 Å². The second kappa shape index (κ2) is 7.00. The minimum Gasteiger partial charge on any atom is -0.347 e. The number of amides is 1. The van der Waals surface area contributed by atoms with Gasteiger partial charge in [-0.15, -0.1) is 0 Å². The summed E-state index contributed by atoms with van der Waals surface area (Å²) in [4.78, 5) is 46.3. The topological polar surface area (TPSA) is 110 Å². The summed E-state index contributed by atoms with van der Waals surface area (Å²) in [6.07, 6.45) is 5.64. The van der Waals surface area contributed by atoms with E-state index >= 15 is 0 Å². The molecule has 0 fully saturated rings. The summed E-state index contributed by atoms with van der Waals surface area (Å²) in [6.45, 7) is 3.60. The van der Waals surface area contributed by atoms with Gasteiger partial charge in [0.15, 0.2) is 0 Å². The Balaban J connectivity index is 1.67. The molecule has 0 aliphatic heterocycles. The first-order valence-corrected chi connectivity index (χ1v) is 8.36. The van der Waals surface area contributed by atoms with Crippen LogP contribution in [-0.4, -0.2) is 25.4 Å². The molecule has 132 valence electrons. The summed E-state index contributed by atoms with van der Waals surface area (Å²) in [5.41, 5.74) is 2.61. The van der Waals surface area contributed by atoms with Crippen molar-refractivity contribution in [3.05, 3.63) is 55.4 Å². The molecular weight excluding hydrogens is 322 g/mol. The third-order valence-corrected chi connectivity index (χ3v) is 4.38. The highest BCUT2D eigenvalue weighted by Gasteiger charge is 2.16. The molecule has 8 nitrogen and oxygen atoms in total. The molecule has 0 unspecified atom stereocenters. The molecule has 2 heterocycles. The predicted molar refractivity (Wildman–Crippen MR) is 91.3 cm³/mol. The molecule has 0 atom stereocenters. The first-order valence-electron chi connectivity index (χ1n) is 8.36. The van der Waals surface area contributed by atoms with Crippen LogP contribution in [0.5, 0.6) is 0 Å². The van der Waals surface area contributed by atoms with Crippen molar-refractivity contribution in [2.45, 2.75) is 52.6 Å². The van der Waals surface area contributed by atoms with Gasteiger partial charge in [-0.3, -0.25) is 19.1 Å². The van der Waals surface area contributed by atoms with Crippen LogP contribution < -0.4 is 16.6 Å². The van der Waals surface area contributed by atoms with Gasteiger partial charge in [0.05, 0.1) is 6.54 Å². The summed E-state index contributed by atoms with van der Waals surface area (Å²) >= 11 is 0. The minimum atomic E-state index is -0.605. The van der Waals surface area contributed by atoms with Crippen LogP contribution in [0.2, 0.25) is 0 Å². The van der Waals surface area contributed by atoms with Crippen LogP contribution in [0.25, 0.3) is 0 Å². The monoisotopic (exact) mass is 343 g/mol. The van der Waals surface area contributed by atoms with E-state index in [0.717, 1.165) is 30.7 Å². The fourth-order valence-corrected chi connectivity index (χ4v) is 3.05. The molecule has 3 rings (SSSR count). The molecule has 25 heavy (non-hydrogen) atoms. The molecule has 2 aromatic heterocycles. The number of hydrogen-bond acceptors (Lipinski definition) is 5. The molecular formula is C17H21N5O3. The lowest BCUT2D eigenvalue weighted by molar-refractivity contribution is -0.121. The molecule has 0 spiro atoms. The van der Waals surface area contributed by atoms with Crippen molar-refractivity contribution >= 4 is 5.91 Å². The lowest BCUT2D eigenvalue weighted by Gasteiger charge is -2.17. The summed E-state index contributed by atoms with van der Waals surface area (Å²) in [7, 11) is 0.